The van der Waals surface area contributed by atoms with Gasteiger partial charge in [-0.15, -0.1) is 0 Å². The lowest BCUT2D eigenvalue weighted by Crippen LogP contribution is -2.07. The van der Waals surface area contributed by atoms with Crippen LogP contribution in [0.5, 0.6) is 5.75 Å². The van der Waals surface area contributed by atoms with E-state index in [1.54, 1.807) is 12.1 Å². The van der Waals surface area contributed by atoms with E-state index < -0.39 is 11.6 Å². The van der Waals surface area contributed by atoms with Gasteiger partial charge in [0, 0.05) is 4.47 Å². The van der Waals surface area contributed by atoms with Crippen LogP contribution in [0, 0.1) is 12.7 Å². The van der Waals surface area contributed by atoms with Crippen molar-refractivity contribution in [3.8, 4) is 5.75 Å². The Morgan fingerprint density at radius 2 is 1.95 bits per heavy atom. The van der Waals surface area contributed by atoms with Crippen LogP contribution in [0.25, 0.3) is 0 Å². The molecule has 0 aliphatic carbocycles. The van der Waals surface area contributed by atoms with Crippen LogP contribution in [-0.2, 0) is 0 Å². The van der Waals surface area contributed by atoms with Gasteiger partial charge in [0.1, 0.15) is 11.6 Å². The van der Waals surface area contributed by atoms with Crippen LogP contribution in [0.2, 0.25) is 5.02 Å². The van der Waals surface area contributed by atoms with E-state index in [-0.39, 0.29) is 10.6 Å². The number of carbonyl (C=O) groups excluding carboxylic acids is 1. The maximum Gasteiger partial charge on any atom is 0.199 e. The molecule has 2 rings (SSSR count). The molecule has 0 spiro atoms. The lowest BCUT2D eigenvalue weighted by molar-refractivity contribution is 0.103. The Morgan fingerprint density at radius 1 is 1.25 bits per heavy atom. The number of ether oxygens (including phenoxy) is 1. The maximum atomic E-state index is 14.0. The number of benzene rings is 2. The Balaban J connectivity index is 2.57. The second-order valence-corrected chi connectivity index (χ2v) is 5.54. The quantitative estimate of drug-likeness (QED) is 0.583. The van der Waals surface area contributed by atoms with Gasteiger partial charge in [-0.1, -0.05) is 23.2 Å². The van der Waals surface area contributed by atoms with Crippen LogP contribution in [0.4, 0.5) is 4.39 Å². The fraction of sp³-hybridized carbons (Fsp3) is 0.133. The van der Waals surface area contributed by atoms with Crippen molar-refractivity contribution in [1.82, 2.24) is 0 Å². The molecule has 2 aromatic carbocycles. The molecule has 5 heteroatoms. The van der Waals surface area contributed by atoms with Gasteiger partial charge in [0.2, 0.25) is 0 Å². The first-order valence-corrected chi connectivity index (χ1v) is 6.95. The third kappa shape index (κ3) is 2.86. The molecule has 0 saturated carbocycles. The molecule has 0 radical (unpaired) electrons. The standard InChI is InChI=1S/C15H11BrClFO2/c1-8-3-4-14(20-2)10(5-8)15(19)9-6-12(17)11(16)7-13(9)18/h3-7H,1-2H3. The number of hydrogen-bond donors (Lipinski definition) is 0. The number of ketones is 1. The van der Waals surface area contributed by atoms with Crippen molar-refractivity contribution < 1.29 is 13.9 Å². The average molecular weight is 358 g/mol. The van der Waals surface area contributed by atoms with E-state index in [0.29, 0.717) is 15.8 Å². The Morgan fingerprint density at radius 3 is 2.60 bits per heavy atom. The summed E-state index contributed by atoms with van der Waals surface area (Å²) in [4.78, 5) is 12.5. The monoisotopic (exact) mass is 356 g/mol. The van der Waals surface area contributed by atoms with E-state index in [1.165, 1.54) is 19.2 Å². The zero-order chi connectivity index (χ0) is 14.9. The predicted octanol–water partition coefficient (Wildman–Crippen LogP) is 4.79. The molecule has 0 aliphatic rings. The number of rotatable bonds is 3. The van der Waals surface area contributed by atoms with Gasteiger partial charge in [-0.25, -0.2) is 4.39 Å². The van der Waals surface area contributed by atoms with Crippen molar-refractivity contribution in [2.45, 2.75) is 6.92 Å². The van der Waals surface area contributed by atoms with E-state index in [0.717, 1.165) is 5.56 Å². The van der Waals surface area contributed by atoms with Gasteiger partial charge < -0.3 is 4.74 Å². The SMILES string of the molecule is COc1ccc(C)cc1C(=O)c1cc(Cl)c(Br)cc1F. The summed E-state index contributed by atoms with van der Waals surface area (Å²) in [6.45, 7) is 1.85. The number of carbonyl (C=O) groups is 1. The largest absolute Gasteiger partial charge is 0.496 e. The van der Waals surface area contributed by atoms with Gasteiger partial charge in [-0.3, -0.25) is 4.79 Å². The smallest absolute Gasteiger partial charge is 0.199 e. The van der Waals surface area contributed by atoms with Gasteiger partial charge in [-0.2, -0.15) is 0 Å². The summed E-state index contributed by atoms with van der Waals surface area (Å²) in [7, 11) is 1.46. The lowest BCUT2D eigenvalue weighted by atomic mass is 10.00. The van der Waals surface area contributed by atoms with Gasteiger partial charge >= 0.3 is 0 Å². The highest BCUT2D eigenvalue weighted by molar-refractivity contribution is 9.10. The fourth-order valence-electron chi connectivity index (χ4n) is 1.84. The predicted molar refractivity (Wildman–Crippen MR) is 80.3 cm³/mol. The topological polar surface area (TPSA) is 26.3 Å². The second kappa shape index (κ2) is 5.94. The van der Waals surface area contributed by atoms with Crippen molar-refractivity contribution in [2.75, 3.05) is 7.11 Å². The molecule has 0 unspecified atom stereocenters. The Kier molecular flexibility index (Phi) is 4.45. The first-order valence-electron chi connectivity index (χ1n) is 5.78. The molecule has 104 valence electrons. The minimum absolute atomic E-state index is 0.0814. The van der Waals surface area contributed by atoms with Crippen LogP contribution in [-0.4, -0.2) is 12.9 Å². The molecule has 0 amide bonds. The highest BCUT2D eigenvalue weighted by Crippen LogP contribution is 2.29. The summed E-state index contributed by atoms with van der Waals surface area (Å²) in [5.74, 6) is -0.689. The molecule has 0 atom stereocenters. The van der Waals surface area contributed by atoms with Crippen LogP contribution < -0.4 is 4.74 Å². The van der Waals surface area contributed by atoms with E-state index in [4.69, 9.17) is 16.3 Å². The van der Waals surface area contributed by atoms with Crippen molar-refractivity contribution in [1.29, 1.82) is 0 Å². The molecular formula is C15H11BrClFO2. The first-order chi connectivity index (χ1) is 9.43. The molecule has 0 saturated heterocycles. The highest BCUT2D eigenvalue weighted by Gasteiger charge is 2.19. The molecule has 2 nitrogen and oxygen atoms in total. The normalized spacial score (nSPS) is 10.4. The summed E-state index contributed by atoms with van der Waals surface area (Å²) >= 11 is 9.04. The third-order valence-electron chi connectivity index (χ3n) is 2.85. The van der Waals surface area contributed by atoms with Crippen molar-refractivity contribution in [3.05, 3.63) is 62.3 Å². The fourth-order valence-corrected chi connectivity index (χ4v) is 2.32. The van der Waals surface area contributed by atoms with Gasteiger partial charge in [0.05, 0.1) is 23.3 Å². The number of halogens is 3. The van der Waals surface area contributed by atoms with E-state index in [1.807, 2.05) is 13.0 Å². The molecule has 0 aliphatic heterocycles. The molecular weight excluding hydrogens is 347 g/mol. The number of hydrogen-bond acceptors (Lipinski definition) is 2. The minimum atomic E-state index is -0.630. The van der Waals surface area contributed by atoms with Crippen molar-refractivity contribution in [3.63, 3.8) is 0 Å². The maximum absolute atomic E-state index is 14.0. The Hall–Kier alpha value is -1.39. The molecule has 0 bridgehead atoms. The van der Waals surface area contributed by atoms with Gasteiger partial charge in [0.25, 0.3) is 0 Å². The molecule has 2 aromatic rings. The summed E-state index contributed by atoms with van der Waals surface area (Å²) in [6, 6.07) is 7.65. The Labute approximate surface area is 129 Å². The van der Waals surface area contributed by atoms with E-state index in [2.05, 4.69) is 15.9 Å². The van der Waals surface area contributed by atoms with Crippen LogP contribution >= 0.6 is 27.5 Å². The molecule has 0 N–H and O–H groups in total. The lowest BCUT2D eigenvalue weighted by Gasteiger charge is -2.10. The summed E-state index contributed by atoms with van der Waals surface area (Å²) in [5, 5.41) is 0.279. The van der Waals surface area contributed by atoms with Crippen molar-refractivity contribution in [2.24, 2.45) is 0 Å². The third-order valence-corrected chi connectivity index (χ3v) is 4.05. The second-order valence-electron chi connectivity index (χ2n) is 4.28. The Bertz CT molecular complexity index is 686. The summed E-state index contributed by atoms with van der Waals surface area (Å²) in [6.07, 6.45) is 0. The van der Waals surface area contributed by atoms with Crippen LogP contribution in [0.3, 0.4) is 0 Å². The molecule has 20 heavy (non-hydrogen) atoms. The molecule has 0 heterocycles. The van der Waals surface area contributed by atoms with E-state index >= 15 is 0 Å². The van der Waals surface area contributed by atoms with Crippen LogP contribution in [0.1, 0.15) is 21.5 Å². The summed E-state index contributed by atoms with van der Waals surface area (Å²) < 4.78 is 19.5. The first kappa shape index (κ1) is 15.0. The zero-order valence-electron chi connectivity index (χ0n) is 10.8. The average Bonchev–Trinajstić information content (AvgIpc) is 2.42. The van der Waals surface area contributed by atoms with E-state index in [9.17, 15) is 9.18 Å². The highest BCUT2D eigenvalue weighted by atomic mass is 79.9. The minimum Gasteiger partial charge on any atom is -0.496 e. The van der Waals surface area contributed by atoms with Crippen molar-refractivity contribution >= 4 is 33.3 Å². The zero-order valence-corrected chi connectivity index (χ0v) is 13.2. The van der Waals surface area contributed by atoms with Gasteiger partial charge in [-0.05, 0) is 47.1 Å². The van der Waals surface area contributed by atoms with Crippen LogP contribution in [0.15, 0.2) is 34.8 Å². The number of methoxy groups -OCH3 is 1. The van der Waals surface area contributed by atoms with Gasteiger partial charge in [0.15, 0.2) is 5.78 Å². The molecule has 0 aromatic heterocycles. The molecule has 0 fully saturated rings. The summed E-state index contributed by atoms with van der Waals surface area (Å²) in [5.41, 5.74) is 1.12. The number of aryl methyl sites for hydroxylation is 1.